The van der Waals surface area contributed by atoms with Gasteiger partial charge in [-0.1, -0.05) is 11.6 Å². The maximum absolute atomic E-state index is 12.3. The Bertz CT molecular complexity index is 1430. The molecule has 11 heteroatoms. The molecule has 0 saturated heterocycles. The van der Waals surface area contributed by atoms with Crippen molar-refractivity contribution < 1.29 is 4.79 Å². The van der Waals surface area contributed by atoms with Gasteiger partial charge in [0.1, 0.15) is 17.5 Å². The predicted molar refractivity (Wildman–Crippen MR) is 117 cm³/mol. The van der Waals surface area contributed by atoms with E-state index in [9.17, 15) is 4.79 Å². The highest BCUT2D eigenvalue weighted by molar-refractivity contribution is 6.31. The number of hydrogen-bond donors (Lipinski definition) is 3. The molecule has 0 radical (unpaired) electrons. The minimum atomic E-state index is -0.236. The van der Waals surface area contributed by atoms with Crippen LogP contribution >= 0.6 is 11.6 Å². The van der Waals surface area contributed by atoms with Crippen LogP contribution < -0.4 is 11.1 Å². The Hall–Kier alpha value is -3.92. The van der Waals surface area contributed by atoms with Crippen LogP contribution in [0.2, 0.25) is 5.02 Å². The molecule has 156 valence electrons. The number of carbonyl (C=O) groups excluding carboxylic acids is 1. The summed E-state index contributed by atoms with van der Waals surface area (Å²) in [6.07, 6.45) is 4.82. The molecule has 4 heterocycles. The molecule has 4 N–H and O–H groups in total. The molecule has 1 amide bonds. The Labute approximate surface area is 181 Å². The zero-order chi connectivity index (χ0) is 21.5. The van der Waals surface area contributed by atoms with Gasteiger partial charge in [0.2, 0.25) is 0 Å². The van der Waals surface area contributed by atoms with E-state index < -0.39 is 0 Å². The number of nitrogen functional groups attached to an aromatic ring is 1. The number of aryl methyl sites for hydroxylation is 1. The molecule has 0 saturated carbocycles. The number of rotatable bonds is 5. The fourth-order valence-electron chi connectivity index (χ4n) is 3.56. The monoisotopic (exact) mass is 435 g/mol. The Morgan fingerprint density at radius 1 is 1.26 bits per heavy atom. The molecule has 4 aromatic heterocycles. The number of amides is 1. The van der Waals surface area contributed by atoms with Crippen molar-refractivity contribution in [1.82, 2.24) is 39.6 Å². The molecule has 0 aliphatic carbocycles. The van der Waals surface area contributed by atoms with E-state index >= 15 is 0 Å². The van der Waals surface area contributed by atoms with Crippen molar-refractivity contribution in [1.29, 1.82) is 0 Å². The number of fused-ring (bicyclic) bond motifs is 2. The molecule has 5 aromatic rings. The second kappa shape index (κ2) is 7.40. The Balaban J connectivity index is 1.43. The summed E-state index contributed by atoms with van der Waals surface area (Å²) in [6, 6.07) is 7.42. The van der Waals surface area contributed by atoms with Gasteiger partial charge in [-0.2, -0.15) is 5.10 Å². The van der Waals surface area contributed by atoms with Gasteiger partial charge in [-0.05, 0) is 29.8 Å². The van der Waals surface area contributed by atoms with E-state index in [0.717, 1.165) is 22.2 Å². The molecule has 0 fully saturated rings. The lowest BCUT2D eigenvalue weighted by atomic mass is 10.1. The molecule has 1 aromatic carbocycles. The van der Waals surface area contributed by atoms with Crippen molar-refractivity contribution in [3.63, 3.8) is 0 Å². The number of benzene rings is 1. The second-order valence-electron chi connectivity index (χ2n) is 7.18. The first kappa shape index (κ1) is 19.1. The SMILES string of the molecule is Cn1ccc(C(=O)NCc2cc3cc(Cl)cc(Cn4cnc5c(N)ncnc54)c3[nH]2)n1. The lowest BCUT2D eigenvalue weighted by Crippen LogP contribution is -2.23. The highest BCUT2D eigenvalue weighted by Gasteiger charge is 2.13. The van der Waals surface area contributed by atoms with Crippen LogP contribution in [0.15, 0.2) is 43.1 Å². The van der Waals surface area contributed by atoms with Crippen LogP contribution in [-0.4, -0.2) is 40.2 Å². The molecule has 31 heavy (non-hydrogen) atoms. The van der Waals surface area contributed by atoms with E-state index in [1.807, 2.05) is 22.8 Å². The van der Waals surface area contributed by atoms with Gasteiger partial charge >= 0.3 is 0 Å². The lowest BCUT2D eigenvalue weighted by Gasteiger charge is -2.07. The standard InChI is InChI=1S/C20H18ClN9O/c1-29-3-2-15(28-29)20(31)23-7-14-6-11-4-13(21)5-12(16(11)27-14)8-30-10-26-17-18(22)24-9-25-19(17)30/h2-6,9-10,27H,7-8H2,1H3,(H,23,31)(H2,22,24,25). The highest BCUT2D eigenvalue weighted by atomic mass is 35.5. The maximum Gasteiger partial charge on any atom is 0.272 e. The van der Waals surface area contributed by atoms with Crippen LogP contribution in [0, 0.1) is 0 Å². The smallest absolute Gasteiger partial charge is 0.272 e. The first-order chi connectivity index (χ1) is 15.0. The largest absolute Gasteiger partial charge is 0.382 e. The third-order valence-electron chi connectivity index (χ3n) is 4.99. The molecule has 0 spiro atoms. The van der Waals surface area contributed by atoms with Gasteiger partial charge in [0.25, 0.3) is 5.91 Å². The summed E-state index contributed by atoms with van der Waals surface area (Å²) in [6.45, 7) is 0.823. The average Bonchev–Trinajstić information content (AvgIpc) is 3.45. The average molecular weight is 436 g/mol. The van der Waals surface area contributed by atoms with Gasteiger partial charge in [-0.25, -0.2) is 15.0 Å². The summed E-state index contributed by atoms with van der Waals surface area (Å²) in [5.41, 5.74) is 10.2. The van der Waals surface area contributed by atoms with Crippen LogP contribution in [-0.2, 0) is 20.1 Å². The summed E-state index contributed by atoms with van der Waals surface area (Å²) in [7, 11) is 1.77. The van der Waals surface area contributed by atoms with E-state index in [-0.39, 0.29) is 5.91 Å². The maximum atomic E-state index is 12.3. The number of aromatic amines is 1. The van der Waals surface area contributed by atoms with Crippen molar-refractivity contribution >= 4 is 45.4 Å². The number of aromatic nitrogens is 7. The summed E-state index contributed by atoms with van der Waals surface area (Å²) in [5, 5.41) is 8.55. The predicted octanol–water partition coefficient (Wildman–Crippen LogP) is 2.25. The number of hydrogen-bond acceptors (Lipinski definition) is 6. The van der Waals surface area contributed by atoms with Crippen LogP contribution in [0.4, 0.5) is 5.82 Å². The van der Waals surface area contributed by atoms with Gasteiger partial charge in [0.05, 0.1) is 24.9 Å². The summed E-state index contributed by atoms with van der Waals surface area (Å²) < 4.78 is 3.48. The quantitative estimate of drug-likeness (QED) is 0.388. The van der Waals surface area contributed by atoms with Gasteiger partial charge < -0.3 is 20.6 Å². The fraction of sp³-hybridized carbons (Fsp3) is 0.150. The summed E-state index contributed by atoms with van der Waals surface area (Å²) >= 11 is 6.36. The second-order valence-corrected chi connectivity index (χ2v) is 7.62. The summed E-state index contributed by atoms with van der Waals surface area (Å²) in [4.78, 5) is 28.3. The van der Waals surface area contributed by atoms with E-state index in [0.29, 0.717) is 40.8 Å². The number of nitrogens with one attached hydrogen (secondary N) is 2. The molecular formula is C20H18ClN9O. The summed E-state index contributed by atoms with van der Waals surface area (Å²) in [5.74, 6) is 0.102. The van der Waals surface area contributed by atoms with E-state index in [2.05, 4.69) is 30.4 Å². The Morgan fingerprint density at radius 3 is 2.94 bits per heavy atom. The van der Waals surface area contributed by atoms with Crippen LogP contribution in [0.25, 0.3) is 22.1 Å². The number of nitrogens with two attached hydrogens (primary N) is 1. The number of nitrogens with zero attached hydrogens (tertiary/aromatic N) is 6. The third kappa shape index (κ3) is 3.57. The minimum Gasteiger partial charge on any atom is -0.382 e. The van der Waals surface area contributed by atoms with Crippen molar-refractivity contribution in [2.24, 2.45) is 7.05 Å². The first-order valence-electron chi connectivity index (χ1n) is 9.47. The number of carbonyl (C=O) groups is 1. The van der Waals surface area contributed by atoms with Crippen LogP contribution in [0.5, 0.6) is 0 Å². The molecule has 0 aliphatic heterocycles. The van der Waals surface area contributed by atoms with Crippen molar-refractivity contribution in [3.8, 4) is 0 Å². The molecule has 0 bridgehead atoms. The van der Waals surface area contributed by atoms with E-state index in [1.54, 1.807) is 30.3 Å². The van der Waals surface area contributed by atoms with Gasteiger partial charge in [-0.3, -0.25) is 9.48 Å². The van der Waals surface area contributed by atoms with E-state index in [1.165, 1.54) is 6.33 Å². The molecular weight excluding hydrogens is 418 g/mol. The molecule has 5 rings (SSSR count). The number of H-pyrrole nitrogens is 1. The molecule has 0 unspecified atom stereocenters. The third-order valence-corrected chi connectivity index (χ3v) is 5.20. The lowest BCUT2D eigenvalue weighted by molar-refractivity contribution is 0.0944. The van der Waals surface area contributed by atoms with Crippen LogP contribution in [0.1, 0.15) is 21.7 Å². The number of imidazole rings is 1. The van der Waals surface area contributed by atoms with Crippen molar-refractivity contribution in [3.05, 3.63) is 65.1 Å². The Kier molecular flexibility index (Phi) is 4.55. The van der Waals surface area contributed by atoms with E-state index in [4.69, 9.17) is 17.3 Å². The highest BCUT2D eigenvalue weighted by Crippen LogP contribution is 2.26. The van der Waals surface area contributed by atoms with Gasteiger partial charge in [-0.15, -0.1) is 0 Å². The topological polar surface area (TPSA) is 132 Å². The molecule has 0 aliphatic rings. The Morgan fingerprint density at radius 2 is 2.13 bits per heavy atom. The normalized spacial score (nSPS) is 11.4. The molecule has 0 atom stereocenters. The van der Waals surface area contributed by atoms with Crippen molar-refractivity contribution in [2.75, 3.05) is 5.73 Å². The number of halogens is 1. The van der Waals surface area contributed by atoms with Crippen molar-refractivity contribution in [2.45, 2.75) is 13.1 Å². The zero-order valence-electron chi connectivity index (χ0n) is 16.5. The molecule has 10 nitrogen and oxygen atoms in total. The van der Waals surface area contributed by atoms with Gasteiger partial charge in [0.15, 0.2) is 11.5 Å². The first-order valence-corrected chi connectivity index (χ1v) is 9.85. The fourth-order valence-corrected chi connectivity index (χ4v) is 3.81. The van der Waals surface area contributed by atoms with Gasteiger partial charge in [0, 0.05) is 29.3 Å². The minimum absolute atomic E-state index is 0.236. The number of anilines is 1. The zero-order valence-corrected chi connectivity index (χ0v) is 17.3. The van der Waals surface area contributed by atoms with Crippen LogP contribution in [0.3, 0.4) is 0 Å².